The van der Waals surface area contributed by atoms with Crippen LogP contribution in [0.3, 0.4) is 0 Å². The van der Waals surface area contributed by atoms with E-state index in [9.17, 15) is 32.4 Å². The number of piperazine rings is 1. The molecular weight excluding hydrogens is 829 g/mol. The molecule has 0 unspecified atom stereocenters. The maximum absolute atomic E-state index is 14.1. The number of nitrogens with zero attached hydrogens (tertiary/aromatic N) is 3. The lowest BCUT2D eigenvalue weighted by atomic mass is 9.94. The summed E-state index contributed by atoms with van der Waals surface area (Å²) in [5.41, 5.74) is 2.53. The topological polar surface area (TPSA) is 165 Å². The summed E-state index contributed by atoms with van der Waals surface area (Å²) in [6, 6.07) is 24.6. The summed E-state index contributed by atoms with van der Waals surface area (Å²) in [6.45, 7) is 4.74. The molecule has 64 heavy (non-hydrogen) atoms. The van der Waals surface area contributed by atoms with E-state index in [4.69, 9.17) is 0 Å². The average molecular weight is 895 g/mol. The van der Waals surface area contributed by atoms with Crippen molar-refractivity contribution in [2.75, 3.05) is 39.3 Å². The van der Waals surface area contributed by atoms with Gasteiger partial charge in [0.15, 0.2) is 0 Å². The second kappa shape index (κ2) is 21.7. The van der Waals surface area contributed by atoms with E-state index in [2.05, 4.69) is 29.8 Å². The van der Waals surface area contributed by atoms with Gasteiger partial charge in [-0.1, -0.05) is 119 Å². The highest BCUT2D eigenvalue weighted by Crippen LogP contribution is 2.43. The van der Waals surface area contributed by atoms with E-state index in [1.807, 2.05) is 60.7 Å². The zero-order valence-electron chi connectivity index (χ0n) is 37.5. The van der Waals surface area contributed by atoms with Crippen LogP contribution >= 0.6 is 0 Å². The summed E-state index contributed by atoms with van der Waals surface area (Å²) >= 11 is 0. The van der Waals surface area contributed by atoms with Crippen LogP contribution in [0, 0.1) is 11.8 Å². The van der Waals surface area contributed by atoms with Gasteiger partial charge in [-0.25, -0.2) is 8.42 Å². The van der Waals surface area contributed by atoms with Gasteiger partial charge in [0.25, 0.3) is 5.91 Å². The van der Waals surface area contributed by atoms with Crippen molar-refractivity contribution in [3.8, 4) is 0 Å². The van der Waals surface area contributed by atoms with E-state index in [-0.39, 0.29) is 90.7 Å². The minimum absolute atomic E-state index is 0.0332. The fourth-order valence-corrected chi connectivity index (χ4v) is 10.9. The number of hydrogen-bond donors (Lipinski definition) is 3. The highest BCUT2D eigenvalue weighted by molar-refractivity contribution is 7.89. The lowest BCUT2D eigenvalue weighted by Gasteiger charge is -2.40. The first-order valence-electron chi connectivity index (χ1n) is 23.7. The van der Waals surface area contributed by atoms with Crippen LogP contribution in [0.15, 0.2) is 89.8 Å². The van der Waals surface area contributed by atoms with E-state index >= 15 is 0 Å². The number of carbonyl (C=O) groups excluding carboxylic acids is 5. The Bertz CT molecular complexity index is 2110. The van der Waals surface area contributed by atoms with Crippen LogP contribution in [0.25, 0.3) is 0 Å². The number of sulfonamides is 1. The molecule has 3 aromatic rings. The molecule has 5 amide bonds. The first-order valence-corrected chi connectivity index (χ1v) is 25.1. The molecule has 13 nitrogen and oxygen atoms in total. The molecule has 344 valence electrons. The van der Waals surface area contributed by atoms with Gasteiger partial charge in [-0.05, 0) is 61.1 Å². The van der Waals surface area contributed by atoms with E-state index in [0.29, 0.717) is 13.0 Å². The van der Waals surface area contributed by atoms with Gasteiger partial charge in [0.1, 0.15) is 6.04 Å². The van der Waals surface area contributed by atoms with E-state index < -0.39 is 33.8 Å². The van der Waals surface area contributed by atoms with E-state index in [1.54, 1.807) is 4.90 Å². The van der Waals surface area contributed by atoms with Crippen LogP contribution in [0.1, 0.15) is 124 Å². The third-order valence-corrected chi connectivity index (χ3v) is 15.4. The molecule has 2 aliphatic carbocycles. The quantitative estimate of drug-likeness (QED) is 0.111. The summed E-state index contributed by atoms with van der Waals surface area (Å²) in [4.78, 5) is 72.0. The van der Waals surface area contributed by atoms with Gasteiger partial charge in [-0.15, -0.1) is 0 Å². The highest BCUT2D eigenvalue weighted by atomic mass is 32.2. The molecule has 14 heteroatoms. The smallest absolute Gasteiger partial charge is 0.253 e. The van der Waals surface area contributed by atoms with Gasteiger partial charge in [-0.3, -0.25) is 24.0 Å². The normalized spacial score (nSPS) is 24.2. The Morgan fingerprint density at radius 2 is 1.14 bits per heavy atom. The van der Waals surface area contributed by atoms with Crippen molar-refractivity contribution < 1.29 is 32.4 Å². The lowest BCUT2D eigenvalue weighted by molar-refractivity contribution is -0.142. The molecule has 2 aliphatic heterocycles. The van der Waals surface area contributed by atoms with Crippen LogP contribution in [0.4, 0.5) is 0 Å². The molecule has 3 aromatic carbocycles. The molecule has 0 bridgehead atoms. The Labute approximate surface area is 379 Å². The number of amides is 5. The molecule has 2 saturated heterocycles. The molecule has 4 fully saturated rings. The largest absolute Gasteiger partial charge is 0.354 e. The first kappa shape index (κ1) is 46.9. The third-order valence-electron chi connectivity index (χ3n) is 13.5. The highest BCUT2D eigenvalue weighted by Gasteiger charge is 2.49. The first-order chi connectivity index (χ1) is 31.0. The van der Waals surface area contributed by atoms with Crippen molar-refractivity contribution in [1.29, 1.82) is 0 Å². The number of benzene rings is 3. The summed E-state index contributed by atoms with van der Waals surface area (Å²) in [5, 5.41) is 9.28. The van der Waals surface area contributed by atoms with Crippen molar-refractivity contribution in [3.63, 3.8) is 0 Å². The molecule has 3 N–H and O–H groups in total. The molecule has 0 aromatic heterocycles. The molecule has 7 atom stereocenters. The summed E-state index contributed by atoms with van der Waals surface area (Å²) in [6.07, 6.45) is 10.7. The predicted octanol–water partition coefficient (Wildman–Crippen LogP) is 5.98. The maximum atomic E-state index is 14.1. The second-order valence-electron chi connectivity index (χ2n) is 18.2. The summed E-state index contributed by atoms with van der Waals surface area (Å²) < 4.78 is 29.5. The number of carbonyl (C=O) groups is 5. The average Bonchev–Trinajstić information content (AvgIpc) is 4.23. The summed E-state index contributed by atoms with van der Waals surface area (Å²) in [7, 11) is -4.11. The van der Waals surface area contributed by atoms with Gasteiger partial charge in [-0.2, -0.15) is 4.31 Å². The monoisotopic (exact) mass is 894 g/mol. The minimum Gasteiger partial charge on any atom is -0.354 e. The van der Waals surface area contributed by atoms with Crippen LogP contribution in [0.5, 0.6) is 0 Å². The van der Waals surface area contributed by atoms with Gasteiger partial charge < -0.3 is 25.8 Å². The predicted molar refractivity (Wildman–Crippen MR) is 246 cm³/mol. The van der Waals surface area contributed by atoms with Crippen LogP contribution in [0.2, 0.25) is 0 Å². The van der Waals surface area contributed by atoms with Gasteiger partial charge in [0, 0.05) is 75.2 Å². The van der Waals surface area contributed by atoms with Crippen molar-refractivity contribution in [2.24, 2.45) is 11.8 Å². The van der Waals surface area contributed by atoms with Crippen LogP contribution in [-0.2, 0) is 29.2 Å². The molecule has 0 radical (unpaired) electrons. The SMILES string of the molecule is CCCCCCCC(=O)N1CCN(S(=O)(=O)c2ccc(C(=O)N3C[C@@H](C(=O)N[C@H]4C[C@@H]4c4ccccc4)[C@H](C(=O)N[C@H]4C[C@@H]4c4ccccc4)C3)cc2)C[C@H]1C(=O)NCCCCCC. The zero-order valence-corrected chi connectivity index (χ0v) is 38.3. The molecule has 2 heterocycles. The van der Waals surface area contributed by atoms with Crippen LogP contribution < -0.4 is 16.0 Å². The zero-order chi connectivity index (χ0) is 45.2. The Kier molecular flexibility index (Phi) is 15.9. The molecule has 2 saturated carbocycles. The van der Waals surface area contributed by atoms with Crippen molar-refractivity contribution >= 4 is 39.6 Å². The Morgan fingerprint density at radius 3 is 1.69 bits per heavy atom. The fraction of sp³-hybridized carbons (Fsp3) is 0.540. The molecule has 7 rings (SSSR count). The van der Waals surface area contributed by atoms with Crippen molar-refractivity contribution in [1.82, 2.24) is 30.1 Å². The second-order valence-corrected chi connectivity index (χ2v) is 20.1. The van der Waals surface area contributed by atoms with Crippen LogP contribution in [-0.4, -0.2) is 109 Å². The third kappa shape index (κ3) is 11.6. The number of likely N-dealkylation sites (tertiary alicyclic amines) is 1. The van der Waals surface area contributed by atoms with Crippen molar-refractivity contribution in [3.05, 3.63) is 102 Å². The maximum Gasteiger partial charge on any atom is 0.253 e. The standard InChI is InChI=1S/C50H66N6O7S/c1-3-5-7-9-16-22-46(57)56-29-28-55(34-45(56)49(60)51-27-17-8-6-4-2)64(62,63)38-25-23-37(24-26-38)50(61)54-32-41(47(58)52-43-30-39(43)35-18-12-10-13-19-35)42(33-54)48(59)53-44-31-40(44)36-20-14-11-15-21-36/h10-15,18-21,23-26,39-45H,3-9,16-17,22,27-34H2,1-2H3,(H,51,60)(H,52,58)(H,53,59)/t39-,40-,41-,42-,43+,44+,45+/m1/s1. The van der Waals surface area contributed by atoms with Gasteiger partial charge in [0.2, 0.25) is 33.7 Å². The Hall–Kier alpha value is -5.08. The lowest BCUT2D eigenvalue weighted by Crippen LogP contribution is -2.61. The van der Waals surface area contributed by atoms with Gasteiger partial charge in [0.05, 0.1) is 16.7 Å². The molecular formula is C50H66N6O7S. The fourth-order valence-electron chi connectivity index (χ4n) is 9.43. The Morgan fingerprint density at radius 1 is 0.609 bits per heavy atom. The number of nitrogens with one attached hydrogen (secondary N) is 3. The minimum atomic E-state index is -4.11. The number of unbranched alkanes of at least 4 members (excludes halogenated alkanes) is 7. The molecule has 0 spiro atoms. The van der Waals surface area contributed by atoms with E-state index in [0.717, 1.165) is 81.8 Å². The van der Waals surface area contributed by atoms with E-state index in [1.165, 1.54) is 33.5 Å². The van der Waals surface area contributed by atoms with Gasteiger partial charge >= 0.3 is 0 Å². The molecule has 4 aliphatic rings. The Balaban J connectivity index is 1.01. The number of hydrogen-bond acceptors (Lipinski definition) is 7. The summed E-state index contributed by atoms with van der Waals surface area (Å²) in [5.74, 6) is -2.55. The van der Waals surface area contributed by atoms with Crippen molar-refractivity contribution in [2.45, 2.75) is 126 Å². The number of rotatable bonds is 21.